The number of aromatic carboxylic acids is 1. The van der Waals surface area contributed by atoms with Gasteiger partial charge in [0, 0.05) is 18.0 Å². The summed E-state index contributed by atoms with van der Waals surface area (Å²) < 4.78 is 5.57. The number of carbonyl (C=O) groups is 2. The van der Waals surface area contributed by atoms with Crippen molar-refractivity contribution in [2.75, 3.05) is 13.1 Å². The van der Waals surface area contributed by atoms with Gasteiger partial charge in [0.15, 0.2) is 5.43 Å². The monoisotopic (exact) mass is 344 g/mol. The molecule has 0 bridgehead atoms. The number of nitrogens with one attached hydrogen (secondary N) is 1. The Morgan fingerprint density at radius 3 is 2.68 bits per heavy atom. The number of nitrogens with zero attached hydrogens (tertiary/aromatic N) is 1. The maximum Gasteiger partial charge on any atom is 0.343 e. The lowest BCUT2D eigenvalue weighted by molar-refractivity contribution is 0.0167. The first kappa shape index (κ1) is 16.6. The molecule has 3 rings (SSSR count). The van der Waals surface area contributed by atoms with Crippen LogP contribution in [0.4, 0.5) is 0 Å². The number of rotatable bonds is 4. The molecule has 8 heteroatoms. The van der Waals surface area contributed by atoms with Gasteiger partial charge in [0.05, 0.1) is 13.1 Å². The van der Waals surface area contributed by atoms with Gasteiger partial charge in [-0.2, -0.15) is 0 Å². The van der Waals surface area contributed by atoms with Crippen LogP contribution in [0.2, 0.25) is 0 Å². The smallest absolute Gasteiger partial charge is 0.343 e. The van der Waals surface area contributed by atoms with E-state index >= 15 is 0 Å². The Morgan fingerprint density at radius 2 is 2.04 bits per heavy atom. The van der Waals surface area contributed by atoms with Crippen molar-refractivity contribution in [1.82, 2.24) is 9.88 Å². The molecule has 0 spiro atoms. The molecule has 1 fully saturated rings. The average molecular weight is 344 g/mol. The highest BCUT2D eigenvalue weighted by molar-refractivity contribution is 5.95. The van der Waals surface area contributed by atoms with E-state index in [1.807, 2.05) is 0 Å². The molecule has 1 aliphatic rings. The van der Waals surface area contributed by atoms with Crippen molar-refractivity contribution in [3.63, 3.8) is 0 Å². The Bertz CT molecular complexity index is 898. The predicted octanol–water partition coefficient (Wildman–Crippen LogP) is 0.991. The third kappa shape index (κ3) is 3.18. The number of ether oxygens (including phenoxy) is 1. The molecule has 0 saturated carbocycles. The van der Waals surface area contributed by atoms with E-state index in [1.165, 1.54) is 35.4 Å². The Balaban J connectivity index is 1.67. The molecule has 2 aromatic rings. The third-order valence-corrected chi connectivity index (χ3v) is 3.93. The fraction of sp³-hybridized carbons (Fsp3) is 0.235. The molecule has 1 aromatic carbocycles. The predicted molar refractivity (Wildman–Crippen MR) is 87.2 cm³/mol. The number of aromatic nitrogens is 1. The number of aromatic amines is 1. The number of pyridine rings is 1. The summed E-state index contributed by atoms with van der Waals surface area (Å²) in [5.74, 6) is -2.05. The van der Waals surface area contributed by atoms with Crippen LogP contribution < -0.4 is 10.2 Å². The Labute approximate surface area is 142 Å². The summed E-state index contributed by atoms with van der Waals surface area (Å²) >= 11 is 0. The maximum atomic E-state index is 12.3. The Morgan fingerprint density at radius 1 is 1.32 bits per heavy atom. The van der Waals surface area contributed by atoms with E-state index < -0.39 is 18.0 Å². The molecule has 1 saturated heterocycles. The van der Waals surface area contributed by atoms with Crippen molar-refractivity contribution in [2.24, 2.45) is 0 Å². The summed E-state index contributed by atoms with van der Waals surface area (Å²) in [7, 11) is 0. The van der Waals surface area contributed by atoms with Crippen LogP contribution >= 0.6 is 0 Å². The van der Waals surface area contributed by atoms with E-state index in [9.17, 15) is 19.5 Å². The van der Waals surface area contributed by atoms with Crippen LogP contribution in [-0.4, -0.2) is 51.2 Å². The third-order valence-electron chi connectivity index (χ3n) is 3.93. The summed E-state index contributed by atoms with van der Waals surface area (Å²) in [5, 5.41) is 18.8. The highest BCUT2D eigenvalue weighted by Crippen LogP contribution is 2.29. The number of carbonyl (C=O) groups excluding carboxylic acids is 1. The van der Waals surface area contributed by atoms with E-state index in [1.54, 1.807) is 6.92 Å². The molecule has 8 nitrogen and oxygen atoms in total. The summed E-state index contributed by atoms with van der Waals surface area (Å²) in [5.41, 5.74) is 0.0399. The Kier molecular flexibility index (Phi) is 4.18. The number of benzene rings is 1. The fourth-order valence-electron chi connectivity index (χ4n) is 2.60. The largest absolute Gasteiger partial charge is 0.507 e. The number of aromatic hydroxyl groups is 1. The first-order chi connectivity index (χ1) is 11.9. The van der Waals surface area contributed by atoms with Gasteiger partial charge in [0.25, 0.3) is 5.91 Å². The second-order valence-corrected chi connectivity index (χ2v) is 5.80. The van der Waals surface area contributed by atoms with Gasteiger partial charge in [-0.3, -0.25) is 9.59 Å². The van der Waals surface area contributed by atoms with Crippen LogP contribution in [0.25, 0.3) is 0 Å². The fourth-order valence-corrected chi connectivity index (χ4v) is 2.60. The average Bonchev–Trinajstić information content (AvgIpc) is 2.49. The number of phenols is 1. The first-order valence-electron chi connectivity index (χ1n) is 7.57. The van der Waals surface area contributed by atoms with Gasteiger partial charge in [-0.15, -0.1) is 0 Å². The zero-order valence-corrected chi connectivity index (χ0v) is 13.4. The molecule has 0 atom stereocenters. The van der Waals surface area contributed by atoms with E-state index in [0.717, 1.165) is 0 Å². The molecule has 0 radical (unpaired) electrons. The number of likely N-dealkylation sites (tertiary alicyclic amines) is 1. The Hall–Kier alpha value is -3.29. The van der Waals surface area contributed by atoms with Gasteiger partial charge in [-0.1, -0.05) is 6.07 Å². The van der Waals surface area contributed by atoms with Crippen molar-refractivity contribution in [2.45, 2.75) is 13.0 Å². The molecule has 1 amide bonds. The minimum absolute atomic E-state index is 0.0396. The number of carboxylic acids is 1. The van der Waals surface area contributed by atoms with Gasteiger partial charge >= 0.3 is 5.97 Å². The highest BCUT2D eigenvalue weighted by atomic mass is 16.5. The molecular weight excluding hydrogens is 328 g/mol. The number of hydrogen-bond donors (Lipinski definition) is 3. The summed E-state index contributed by atoms with van der Waals surface area (Å²) in [6, 6.07) is 5.53. The number of aryl methyl sites for hydroxylation is 1. The minimum atomic E-state index is -1.30. The number of H-pyrrole nitrogens is 1. The summed E-state index contributed by atoms with van der Waals surface area (Å²) in [6.07, 6.45) is 0.972. The van der Waals surface area contributed by atoms with Gasteiger partial charge in [-0.25, -0.2) is 4.79 Å². The number of hydrogen-bond acceptors (Lipinski definition) is 5. The maximum absolute atomic E-state index is 12.3. The van der Waals surface area contributed by atoms with Crippen LogP contribution in [0.1, 0.15) is 26.4 Å². The lowest BCUT2D eigenvalue weighted by atomic mass is 10.1. The number of amides is 1. The van der Waals surface area contributed by atoms with Gasteiger partial charge in [-0.05, 0) is 19.1 Å². The SMILES string of the molecule is Cc1cc(=O)c(C(=O)N2CC(Oc3cccc(O)c3C(=O)O)C2)c[nH]1. The normalized spacial score (nSPS) is 14.0. The van der Waals surface area contributed by atoms with Crippen LogP contribution in [0.15, 0.2) is 35.3 Å². The van der Waals surface area contributed by atoms with Gasteiger partial charge in [0.2, 0.25) is 0 Å². The lowest BCUT2D eigenvalue weighted by Crippen LogP contribution is -2.56. The van der Waals surface area contributed by atoms with Crippen molar-refractivity contribution in [1.29, 1.82) is 0 Å². The minimum Gasteiger partial charge on any atom is -0.507 e. The zero-order chi connectivity index (χ0) is 18.1. The lowest BCUT2D eigenvalue weighted by Gasteiger charge is -2.39. The molecule has 0 unspecified atom stereocenters. The second kappa shape index (κ2) is 6.31. The summed E-state index contributed by atoms with van der Waals surface area (Å²) in [4.78, 5) is 39.6. The number of carboxylic acid groups (broad SMARTS) is 1. The van der Waals surface area contributed by atoms with Crippen molar-refractivity contribution >= 4 is 11.9 Å². The van der Waals surface area contributed by atoms with Crippen LogP contribution in [0.5, 0.6) is 11.5 Å². The van der Waals surface area contributed by atoms with Crippen molar-refractivity contribution < 1.29 is 24.5 Å². The van der Waals surface area contributed by atoms with Crippen LogP contribution in [-0.2, 0) is 0 Å². The van der Waals surface area contributed by atoms with E-state index in [-0.39, 0.29) is 41.1 Å². The molecule has 25 heavy (non-hydrogen) atoms. The topological polar surface area (TPSA) is 120 Å². The summed E-state index contributed by atoms with van der Waals surface area (Å²) in [6.45, 7) is 2.17. The molecule has 3 N–H and O–H groups in total. The molecule has 0 aliphatic carbocycles. The highest BCUT2D eigenvalue weighted by Gasteiger charge is 2.34. The zero-order valence-electron chi connectivity index (χ0n) is 13.4. The first-order valence-corrected chi connectivity index (χ1v) is 7.57. The van der Waals surface area contributed by atoms with Crippen molar-refractivity contribution in [3.05, 3.63) is 57.5 Å². The standard InChI is InChI=1S/C17H16N2O6/c1-9-5-13(21)11(6-18-9)16(22)19-7-10(8-19)25-14-4-2-3-12(20)15(14)17(23)24/h2-6,10,20H,7-8H2,1H3,(H,18,21)(H,23,24). The molecule has 2 heterocycles. The quantitative estimate of drug-likeness (QED) is 0.761. The molecule has 1 aliphatic heterocycles. The van der Waals surface area contributed by atoms with E-state index in [2.05, 4.69) is 4.98 Å². The van der Waals surface area contributed by atoms with Gasteiger partial charge in [0.1, 0.15) is 28.7 Å². The molecule has 1 aromatic heterocycles. The van der Waals surface area contributed by atoms with Crippen molar-refractivity contribution in [3.8, 4) is 11.5 Å². The molecule has 130 valence electrons. The van der Waals surface area contributed by atoms with E-state index in [0.29, 0.717) is 5.69 Å². The van der Waals surface area contributed by atoms with Crippen LogP contribution in [0, 0.1) is 6.92 Å². The van der Waals surface area contributed by atoms with Gasteiger partial charge < -0.3 is 24.8 Å². The van der Waals surface area contributed by atoms with E-state index in [4.69, 9.17) is 9.84 Å². The molecular formula is C17H16N2O6. The second-order valence-electron chi connectivity index (χ2n) is 5.80. The van der Waals surface area contributed by atoms with Crippen LogP contribution in [0.3, 0.4) is 0 Å².